The summed E-state index contributed by atoms with van der Waals surface area (Å²) in [5.74, 6) is 1.12. The van der Waals surface area contributed by atoms with E-state index < -0.39 is 0 Å². The molecule has 0 saturated carbocycles. The minimum absolute atomic E-state index is 0.347. The number of benzene rings is 2. The van der Waals surface area contributed by atoms with E-state index in [0.717, 1.165) is 41.1 Å². The van der Waals surface area contributed by atoms with Gasteiger partial charge < -0.3 is 14.6 Å². The van der Waals surface area contributed by atoms with E-state index in [2.05, 4.69) is 63.9 Å². The van der Waals surface area contributed by atoms with Crippen LogP contribution in [0, 0.1) is 0 Å². The van der Waals surface area contributed by atoms with Crippen molar-refractivity contribution in [2.45, 2.75) is 12.5 Å². The average molecular weight is 370 g/mol. The lowest BCUT2D eigenvalue weighted by molar-refractivity contribution is 0.295. The van der Waals surface area contributed by atoms with Crippen molar-refractivity contribution in [3.05, 3.63) is 77.6 Å². The monoisotopic (exact) mass is 370 g/mol. The molecule has 140 valence electrons. The van der Waals surface area contributed by atoms with Crippen molar-refractivity contribution in [1.29, 1.82) is 0 Å². The number of hydrogen-bond donors (Lipinski definition) is 1. The van der Waals surface area contributed by atoms with E-state index in [1.807, 2.05) is 25.2 Å². The summed E-state index contributed by atoms with van der Waals surface area (Å²) in [6.07, 6.45) is 1.75. The van der Waals surface area contributed by atoms with E-state index in [1.165, 1.54) is 16.7 Å². The van der Waals surface area contributed by atoms with E-state index in [4.69, 9.17) is 4.42 Å². The lowest BCUT2D eigenvalue weighted by Gasteiger charge is -2.33. The van der Waals surface area contributed by atoms with E-state index in [0.29, 0.717) is 5.92 Å². The molecule has 5 nitrogen and oxygen atoms in total. The molecule has 2 aromatic carbocycles. The molecule has 1 N–H and O–H groups in total. The van der Waals surface area contributed by atoms with Gasteiger partial charge in [-0.2, -0.15) is 0 Å². The van der Waals surface area contributed by atoms with E-state index in [-0.39, 0.29) is 0 Å². The molecule has 2 aromatic heterocycles. The van der Waals surface area contributed by atoms with Gasteiger partial charge >= 0.3 is 0 Å². The van der Waals surface area contributed by atoms with Crippen LogP contribution in [0.25, 0.3) is 22.2 Å². The van der Waals surface area contributed by atoms with Crippen LogP contribution in [0.4, 0.5) is 5.82 Å². The second-order valence-electron chi connectivity index (χ2n) is 7.43. The molecule has 0 bridgehead atoms. The third kappa shape index (κ3) is 2.94. The standard InChI is InChI=1S/C23H22N4O/c1-24-23-8-6-21(25-26-23)16-3-5-19-18(12-16)13-27(2)14-20(19)15-4-7-22-17(11-15)9-10-28-22/h3-12,20H,13-14H2,1-2H3,(H,24,26). The molecular weight excluding hydrogens is 348 g/mol. The number of hydrogen-bond acceptors (Lipinski definition) is 5. The Morgan fingerprint density at radius 2 is 1.96 bits per heavy atom. The Hall–Kier alpha value is -3.18. The van der Waals surface area contributed by atoms with Gasteiger partial charge in [-0.05, 0) is 60.1 Å². The summed E-state index contributed by atoms with van der Waals surface area (Å²) in [5.41, 5.74) is 7.01. The Morgan fingerprint density at radius 1 is 1.04 bits per heavy atom. The summed E-state index contributed by atoms with van der Waals surface area (Å²) >= 11 is 0. The maximum Gasteiger partial charge on any atom is 0.148 e. The largest absolute Gasteiger partial charge is 0.464 e. The molecule has 5 heteroatoms. The van der Waals surface area contributed by atoms with Gasteiger partial charge in [0.2, 0.25) is 0 Å². The number of anilines is 1. The van der Waals surface area contributed by atoms with Crippen molar-refractivity contribution in [3.63, 3.8) is 0 Å². The molecule has 0 spiro atoms. The molecule has 1 unspecified atom stereocenters. The molecule has 0 saturated heterocycles. The third-order valence-corrected chi connectivity index (χ3v) is 5.55. The molecule has 1 aliphatic heterocycles. The first-order chi connectivity index (χ1) is 13.7. The Kier molecular flexibility index (Phi) is 4.10. The number of rotatable bonds is 3. The van der Waals surface area contributed by atoms with Crippen LogP contribution in [0.3, 0.4) is 0 Å². The summed E-state index contributed by atoms with van der Waals surface area (Å²) in [6.45, 7) is 1.95. The fourth-order valence-electron chi connectivity index (χ4n) is 4.11. The van der Waals surface area contributed by atoms with Crippen LogP contribution < -0.4 is 5.32 Å². The molecule has 1 atom stereocenters. The normalized spacial score (nSPS) is 16.9. The summed E-state index contributed by atoms with van der Waals surface area (Å²) in [6, 6.07) is 19.2. The molecule has 0 radical (unpaired) electrons. The minimum Gasteiger partial charge on any atom is -0.464 e. The predicted molar refractivity (Wildman–Crippen MR) is 111 cm³/mol. The van der Waals surface area contributed by atoms with Crippen LogP contribution >= 0.6 is 0 Å². The Morgan fingerprint density at radius 3 is 2.79 bits per heavy atom. The first-order valence-electron chi connectivity index (χ1n) is 9.51. The first kappa shape index (κ1) is 17.0. The van der Waals surface area contributed by atoms with Crippen LogP contribution in [0.5, 0.6) is 0 Å². The lowest BCUT2D eigenvalue weighted by atomic mass is 9.83. The highest BCUT2D eigenvalue weighted by atomic mass is 16.3. The van der Waals surface area contributed by atoms with Gasteiger partial charge in [0, 0.05) is 37.0 Å². The zero-order valence-corrected chi connectivity index (χ0v) is 16.0. The van der Waals surface area contributed by atoms with Gasteiger partial charge in [-0.3, -0.25) is 0 Å². The quantitative estimate of drug-likeness (QED) is 0.575. The van der Waals surface area contributed by atoms with Crippen LogP contribution in [-0.4, -0.2) is 35.7 Å². The molecular formula is C23H22N4O. The Balaban J connectivity index is 1.54. The van der Waals surface area contributed by atoms with Crippen molar-refractivity contribution in [3.8, 4) is 11.3 Å². The summed E-state index contributed by atoms with van der Waals surface area (Å²) in [5, 5.41) is 12.7. The number of likely N-dealkylation sites (N-methyl/N-ethyl adjacent to an activating group) is 1. The van der Waals surface area contributed by atoms with E-state index >= 15 is 0 Å². The highest BCUT2D eigenvalue weighted by molar-refractivity contribution is 5.78. The summed E-state index contributed by atoms with van der Waals surface area (Å²) in [7, 11) is 4.03. The highest BCUT2D eigenvalue weighted by Gasteiger charge is 2.25. The molecule has 0 amide bonds. The predicted octanol–water partition coefficient (Wildman–Crippen LogP) is 4.51. The molecule has 0 aliphatic carbocycles. The number of aromatic nitrogens is 2. The molecule has 4 aromatic rings. The van der Waals surface area contributed by atoms with Gasteiger partial charge in [0.25, 0.3) is 0 Å². The number of nitrogens with one attached hydrogen (secondary N) is 1. The maximum atomic E-state index is 5.50. The zero-order chi connectivity index (χ0) is 19.1. The molecule has 1 aliphatic rings. The molecule has 3 heterocycles. The van der Waals surface area contributed by atoms with Crippen molar-refractivity contribution in [1.82, 2.24) is 15.1 Å². The maximum absolute atomic E-state index is 5.50. The molecule has 5 rings (SSSR count). The fourth-order valence-corrected chi connectivity index (χ4v) is 4.11. The van der Waals surface area contributed by atoms with Crippen LogP contribution in [0.15, 0.2) is 65.3 Å². The van der Waals surface area contributed by atoms with Gasteiger partial charge in [-0.25, -0.2) is 0 Å². The minimum atomic E-state index is 0.347. The summed E-state index contributed by atoms with van der Waals surface area (Å²) < 4.78 is 5.50. The van der Waals surface area contributed by atoms with Crippen molar-refractivity contribution in [2.75, 3.05) is 26.0 Å². The molecule has 28 heavy (non-hydrogen) atoms. The number of furan rings is 1. The Bertz CT molecular complexity index is 1130. The van der Waals surface area contributed by atoms with Crippen LogP contribution in [-0.2, 0) is 6.54 Å². The molecule has 0 fully saturated rings. The van der Waals surface area contributed by atoms with Gasteiger partial charge in [0.1, 0.15) is 11.4 Å². The van der Waals surface area contributed by atoms with Crippen LogP contribution in [0.2, 0.25) is 0 Å². The van der Waals surface area contributed by atoms with Crippen molar-refractivity contribution < 1.29 is 4.42 Å². The van der Waals surface area contributed by atoms with Gasteiger partial charge in [0.15, 0.2) is 0 Å². The van der Waals surface area contributed by atoms with Crippen molar-refractivity contribution in [2.24, 2.45) is 0 Å². The van der Waals surface area contributed by atoms with Crippen molar-refractivity contribution >= 4 is 16.8 Å². The number of nitrogens with zero attached hydrogens (tertiary/aromatic N) is 3. The van der Waals surface area contributed by atoms with E-state index in [1.54, 1.807) is 6.26 Å². The summed E-state index contributed by atoms with van der Waals surface area (Å²) in [4.78, 5) is 2.38. The second-order valence-corrected chi connectivity index (χ2v) is 7.43. The average Bonchev–Trinajstić information content (AvgIpc) is 3.20. The van der Waals surface area contributed by atoms with Gasteiger partial charge in [-0.1, -0.05) is 18.2 Å². The van der Waals surface area contributed by atoms with Gasteiger partial charge in [-0.15, -0.1) is 10.2 Å². The third-order valence-electron chi connectivity index (χ3n) is 5.55. The SMILES string of the molecule is CNc1ccc(-c2ccc3c(c2)CN(C)CC3c2ccc3occc3c2)nn1. The van der Waals surface area contributed by atoms with Gasteiger partial charge in [0.05, 0.1) is 12.0 Å². The Labute approximate surface area is 164 Å². The second kappa shape index (κ2) is 6.77. The smallest absolute Gasteiger partial charge is 0.148 e. The van der Waals surface area contributed by atoms with Crippen LogP contribution in [0.1, 0.15) is 22.6 Å². The first-order valence-corrected chi connectivity index (χ1v) is 9.51. The zero-order valence-electron chi connectivity index (χ0n) is 16.0. The fraction of sp³-hybridized carbons (Fsp3) is 0.217. The number of fused-ring (bicyclic) bond motifs is 2. The topological polar surface area (TPSA) is 54.2 Å². The highest BCUT2D eigenvalue weighted by Crippen LogP contribution is 2.36. The van der Waals surface area contributed by atoms with E-state index in [9.17, 15) is 0 Å². The lowest BCUT2D eigenvalue weighted by Crippen LogP contribution is -2.31.